The van der Waals surface area contributed by atoms with Crippen LogP contribution in [0.5, 0.6) is 0 Å². The summed E-state index contributed by atoms with van der Waals surface area (Å²) in [5.41, 5.74) is 5.80. The van der Waals surface area contributed by atoms with Gasteiger partial charge in [0.25, 0.3) is 5.91 Å². The third kappa shape index (κ3) is 4.78. The highest BCUT2D eigenvalue weighted by molar-refractivity contribution is 9.10. The number of benzene rings is 3. The summed E-state index contributed by atoms with van der Waals surface area (Å²) in [7, 11) is 0. The van der Waals surface area contributed by atoms with Gasteiger partial charge in [0.15, 0.2) is 0 Å². The third-order valence-corrected chi connectivity index (χ3v) is 5.73. The van der Waals surface area contributed by atoms with Gasteiger partial charge in [-0.15, -0.1) is 0 Å². The van der Waals surface area contributed by atoms with E-state index in [2.05, 4.69) is 31.4 Å². The van der Waals surface area contributed by atoms with Crippen LogP contribution in [0.15, 0.2) is 94.6 Å². The zero-order valence-corrected chi connectivity index (χ0v) is 18.5. The van der Waals surface area contributed by atoms with Gasteiger partial charge in [0, 0.05) is 33.6 Å². The van der Waals surface area contributed by atoms with E-state index in [1.165, 1.54) is 0 Å². The summed E-state index contributed by atoms with van der Waals surface area (Å²) in [4.78, 5) is 27.9. The molecule has 0 radical (unpaired) electrons. The summed E-state index contributed by atoms with van der Waals surface area (Å²) in [6, 6.07) is 23.7. The Kier molecular flexibility index (Phi) is 6.47. The molecule has 0 aliphatic heterocycles. The number of rotatable bonds is 7. The first kappa shape index (κ1) is 21.5. The van der Waals surface area contributed by atoms with Gasteiger partial charge in [0.2, 0.25) is 0 Å². The minimum atomic E-state index is -0.961. The number of halogens is 1. The van der Waals surface area contributed by atoms with Crippen LogP contribution in [-0.2, 0) is 4.79 Å². The number of aromatic nitrogens is 1. The van der Waals surface area contributed by atoms with Crippen molar-refractivity contribution in [2.24, 2.45) is 5.10 Å². The van der Waals surface area contributed by atoms with Crippen molar-refractivity contribution in [1.82, 2.24) is 10.4 Å². The van der Waals surface area contributed by atoms with Crippen molar-refractivity contribution in [3.63, 3.8) is 0 Å². The summed E-state index contributed by atoms with van der Waals surface area (Å²) < 4.78 is 0.866. The second-order valence-corrected chi connectivity index (χ2v) is 8.17. The molecule has 4 aromatic rings. The number of aliphatic carboxylic acids is 1. The minimum Gasteiger partial charge on any atom is -0.481 e. The zero-order valence-electron chi connectivity index (χ0n) is 17.0. The molecule has 0 bridgehead atoms. The number of nitrogens with one attached hydrogen (secondary N) is 2. The quantitative estimate of drug-likeness (QED) is 0.242. The molecule has 3 N–H and O–H groups in total. The number of nitrogens with zero attached hydrogens (tertiary/aromatic N) is 1. The monoisotopic (exact) mass is 489 g/mol. The Labute approximate surface area is 193 Å². The predicted octanol–water partition coefficient (Wildman–Crippen LogP) is 5.32. The molecule has 0 saturated carbocycles. The fraction of sp³-hybridized carbons (Fsp3) is 0.0800. The van der Waals surface area contributed by atoms with E-state index in [4.69, 9.17) is 0 Å². The van der Waals surface area contributed by atoms with Crippen molar-refractivity contribution in [3.8, 4) is 0 Å². The van der Waals surface area contributed by atoms with Crippen LogP contribution < -0.4 is 5.43 Å². The summed E-state index contributed by atoms with van der Waals surface area (Å²) in [5.74, 6) is -2.17. The predicted molar refractivity (Wildman–Crippen MR) is 128 cm³/mol. The van der Waals surface area contributed by atoms with Crippen molar-refractivity contribution in [2.45, 2.75) is 12.3 Å². The van der Waals surface area contributed by atoms with E-state index in [1.807, 2.05) is 54.6 Å². The minimum absolute atomic E-state index is 0.113. The number of carbonyl (C=O) groups excluding carboxylic acids is 1. The summed E-state index contributed by atoms with van der Waals surface area (Å²) in [6.45, 7) is 0. The molecule has 1 aromatic heterocycles. The number of carboxylic acids is 1. The van der Waals surface area contributed by atoms with Crippen LogP contribution >= 0.6 is 15.9 Å². The maximum atomic E-state index is 12.6. The number of carboxylic acid groups (broad SMARTS) is 1. The Morgan fingerprint density at radius 1 is 0.938 bits per heavy atom. The van der Waals surface area contributed by atoms with Crippen LogP contribution in [0.2, 0.25) is 0 Å². The van der Waals surface area contributed by atoms with E-state index in [9.17, 15) is 14.7 Å². The van der Waals surface area contributed by atoms with E-state index < -0.39 is 11.9 Å². The van der Waals surface area contributed by atoms with Gasteiger partial charge in [-0.2, -0.15) is 5.10 Å². The van der Waals surface area contributed by atoms with Gasteiger partial charge in [-0.25, -0.2) is 5.43 Å². The summed E-state index contributed by atoms with van der Waals surface area (Å²) in [6.07, 6.45) is 1.84. The highest BCUT2D eigenvalue weighted by Crippen LogP contribution is 2.29. The molecule has 0 saturated heterocycles. The molecule has 1 amide bonds. The molecule has 1 heterocycles. The zero-order chi connectivity index (χ0) is 22.5. The maximum Gasteiger partial charge on any atom is 0.311 e. The molecule has 1 atom stereocenters. The molecule has 7 heteroatoms. The lowest BCUT2D eigenvalue weighted by Crippen LogP contribution is -2.23. The Bertz CT molecular complexity index is 1280. The molecule has 0 spiro atoms. The molecule has 3 aromatic carbocycles. The van der Waals surface area contributed by atoms with Crippen molar-refractivity contribution < 1.29 is 14.7 Å². The number of hydrogen-bond donors (Lipinski definition) is 3. The van der Waals surface area contributed by atoms with Crippen LogP contribution in [0.3, 0.4) is 0 Å². The number of hydrazone groups is 1. The number of carbonyl (C=O) groups is 2. The molecular weight excluding hydrogens is 470 g/mol. The van der Waals surface area contributed by atoms with E-state index >= 15 is 0 Å². The highest BCUT2D eigenvalue weighted by Gasteiger charge is 2.26. The van der Waals surface area contributed by atoms with Gasteiger partial charge >= 0.3 is 5.97 Å². The smallest absolute Gasteiger partial charge is 0.311 e. The fourth-order valence-corrected chi connectivity index (χ4v) is 3.81. The van der Waals surface area contributed by atoms with Gasteiger partial charge in [0.1, 0.15) is 0 Å². The third-order valence-electron chi connectivity index (χ3n) is 5.20. The van der Waals surface area contributed by atoms with Gasteiger partial charge in [-0.05, 0) is 41.5 Å². The lowest BCUT2D eigenvalue weighted by Gasteiger charge is -2.14. The first-order chi connectivity index (χ1) is 15.5. The number of aromatic amines is 1. The van der Waals surface area contributed by atoms with Crippen LogP contribution in [0.1, 0.15) is 33.8 Å². The van der Waals surface area contributed by atoms with Crippen molar-refractivity contribution >= 4 is 44.4 Å². The molecule has 0 aliphatic carbocycles. The largest absolute Gasteiger partial charge is 0.481 e. The van der Waals surface area contributed by atoms with Crippen molar-refractivity contribution in [3.05, 3.63) is 106 Å². The maximum absolute atomic E-state index is 12.6. The van der Waals surface area contributed by atoms with Crippen LogP contribution in [-0.4, -0.2) is 27.7 Å². The molecule has 6 nitrogen and oxygen atoms in total. The highest BCUT2D eigenvalue weighted by atomic mass is 79.9. The lowest BCUT2D eigenvalue weighted by atomic mass is 9.91. The summed E-state index contributed by atoms with van der Waals surface area (Å²) in [5, 5.41) is 15.2. The molecule has 4 rings (SSSR count). The van der Waals surface area contributed by atoms with Gasteiger partial charge < -0.3 is 10.1 Å². The average molecular weight is 490 g/mol. The SMILES string of the molecule is O=C(NN=C(C[C@H](C(=O)O)c1c[nH]c2ccccc12)c1ccccc1)c1ccc(Br)cc1. The molecule has 0 unspecified atom stereocenters. The Morgan fingerprint density at radius 3 is 2.34 bits per heavy atom. The van der Waals surface area contributed by atoms with Crippen LogP contribution in [0.25, 0.3) is 10.9 Å². The topological polar surface area (TPSA) is 94.6 Å². The Morgan fingerprint density at radius 2 is 1.62 bits per heavy atom. The number of fused-ring (bicyclic) bond motifs is 1. The normalized spacial score (nSPS) is 12.5. The van der Waals surface area contributed by atoms with Gasteiger partial charge in [-0.3, -0.25) is 9.59 Å². The lowest BCUT2D eigenvalue weighted by molar-refractivity contribution is -0.138. The van der Waals surface area contributed by atoms with E-state index in [-0.39, 0.29) is 12.3 Å². The standard InChI is InChI=1S/C25H20BrN3O3/c26-18-12-10-17(11-13-18)24(30)29-28-23(16-6-2-1-3-7-16)14-20(25(31)32)21-15-27-22-9-5-4-8-19(21)22/h1-13,15,20,27H,14H2,(H,29,30)(H,31,32)/t20-/m0/s1. The number of amides is 1. The van der Waals surface area contributed by atoms with Gasteiger partial charge in [0.05, 0.1) is 11.6 Å². The second kappa shape index (κ2) is 9.62. The van der Waals surface area contributed by atoms with E-state index in [1.54, 1.807) is 30.5 Å². The second-order valence-electron chi connectivity index (χ2n) is 7.26. The van der Waals surface area contributed by atoms with Crippen LogP contribution in [0, 0.1) is 0 Å². The van der Waals surface area contributed by atoms with E-state index in [0.717, 1.165) is 20.9 Å². The number of para-hydroxylation sites is 1. The first-order valence-electron chi connectivity index (χ1n) is 9.99. The molecule has 0 aliphatic rings. The molecule has 0 fully saturated rings. The van der Waals surface area contributed by atoms with Crippen LogP contribution in [0.4, 0.5) is 0 Å². The van der Waals surface area contributed by atoms with Crippen molar-refractivity contribution in [2.75, 3.05) is 0 Å². The average Bonchev–Trinajstić information content (AvgIpc) is 3.23. The summed E-state index contributed by atoms with van der Waals surface area (Å²) >= 11 is 3.35. The van der Waals surface area contributed by atoms with E-state index in [0.29, 0.717) is 16.8 Å². The molecular formula is C25H20BrN3O3. The van der Waals surface area contributed by atoms with Crippen molar-refractivity contribution in [1.29, 1.82) is 0 Å². The number of H-pyrrole nitrogens is 1. The number of hydrogen-bond acceptors (Lipinski definition) is 3. The van der Waals surface area contributed by atoms with Gasteiger partial charge in [-0.1, -0.05) is 64.5 Å². The Hall–Kier alpha value is -3.71. The fourth-order valence-electron chi connectivity index (χ4n) is 3.55. The molecule has 160 valence electrons. The molecule has 32 heavy (non-hydrogen) atoms. The first-order valence-corrected chi connectivity index (χ1v) is 10.8. The Balaban J connectivity index is 1.66.